The summed E-state index contributed by atoms with van der Waals surface area (Å²) in [5, 5.41) is 4.19. The van der Waals surface area contributed by atoms with E-state index in [-0.39, 0.29) is 0 Å². The van der Waals surface area contributed by atoms with E-state index < -0.39 is 7.92 Å². The Morgan fingerprint density at radius 1 is 0.543 bits per heavy atom. The maximum atomic E-state index is 4.57. The van der Waals surface area contributed by atoms with Gasteiger partial charge in [0, 0.05) is 13.1 Å². The molecule has 0 aliphatic heterocycles. The van der Waals surface area contributed by atoms with E-state index in [1.807, 2.05) is 17.3 Å². The molecule has 4 rings (SSSR count). The second kappa shape index (κ2) is 16.7. The van der Waals surface area contributed by atoms with Crippen LogP contribution in [0, 0.1) is 6.07 Å². The second-order valence-electron chi connectivity index (χ2n) is 8.52. The van der Waals surface area contributed by atoms with Crippen LogP contribution in [0.5, 0.6) is 0 Å². The molecule has 0 aromatic heterocycles. The van der Waals surface area contributed by atoms with Gasteiger partial charge in [-0.3, -0.25) is 0 Å². The van der Waals surface area contributed by atoms with Crippen LogP contribution in [0.4, 0.5) is 0 Å². The van der Waals surface area contributed by atoms with Crippen molar-refractivity contribution >= 4 is 33.5 Å². The van der Waals surface area contributed by atoms with E-state index >= 15 is 0 Å². The molecule has 4 aromatic carbocycles. The summed E-state index contributed by atoms with van der Waals surface area (Å²) in [5.41, 5.74) is 2.52. The molecule has 0 N–H and O–H groups in total. The Labute approximate surface area is 227 Å². The number of hydrogen-bond donors (Lipinski definition) is 0. The summed E-state index contributed by atoms with van der Waals surface area (Å²) in [7, 11) is 12.4. The van der Waals surface area contributed by atoms with Crippen molar-refractivity contribution in [2.24, 2.45) is 0 Å². The van der Waals surface area contributed by atoms with Gasteiger partial charge in [0.25, 0.3) is 0 Å². The molecule has 5 heteroatoms. The minimum absolute atomic E-state index is 0.446. The zero-order valence-corrected chi connectivity index (χ0v) is 24.3. The standard InChI is InChI=1S/C18H15P.C12H19N2.ClH.Ru/c1-4-10-16(11-5-1)19(17-12-6-2-7-13-17)18-14-8-3-9-15-18;1-13(2)9-11-6-5-7-12(8-11)10-14(3)4;;/h1-15H;5-7H,9-10H2,1-4H3;1H;/q;-1;;+2/p-1. The van der Waals surface area contributed by atoms with Crippen molar-refractivity contribution in [3.05, 3.63) is 126 Å². The predicted molar refractivity (Wildman–Crippen MR) is 151 cm³/mol. The molecule has 0 fully saturated rings. The van der Waals surface area contributed by atoms with Crippen LogP contribution in [0.15, 0.2) is 109 Å². The van der Waals surface area contributed by atoms with E-state index in [0.717, 1.165) is 13.1 Å². The SMILES string of the molecule is CN(C)Cc1[c-]c(CN(C)C)ccc1.[Cl][Ru+].c1ccc(P(c2ccccc2)c2ccccc2)cc1. The second-order valence-corrected chi connectivity index (χ2v) is 10.7. The molecule has 0 aliphatic carbocycles. The van der Waals surface area contributed by atoms with E-state index in [1.54, 1.807) is 0 Å². The summed E-state index contributed by atoms with van der Waals surface area (Å²) in [6, 6.07) is 42.1. The van der Waals surface area contributed by atoms with Crippen molar-refractivity contribution in [1.29, 1.82) is 0 Å². The van der Waals surface area contributed by atoms with E-state index in [1.165, 1.54) is 27.0 Å². The Hall–Kier alpha value is -1.86. The average molecular weight is 590 g/mol. The fourth-order valence-corrected chi connectivity index (χ4v) is 5.92. The molecule has 4 aromatic rings. The van der Waals surface area contributed by atoms with Crippen molar-refractivity contribution in [3.8, 4) is 0 Å². The van der Waals surface area contributed by atoms with Crippen LogP contribution in [0.3, 0.4) is 0 Å². The van der Waals surface area contributed by atoms with Crippen molar-refractivity contribution in [2.45, 2.75) is 13.1 Å². The molecule has 2 nitrogen and oxygen atoms in total. The molecular formula is C30H34ClN2PRu. The average Bonchev–Trinajstić information content (AvgIpc) is 2.87. The Morgan fingerprint density at radius 3 is 1.14 bits per heavy atom. The number of hydrogen-bond acceptors (Lipinski definition) is 2. The van der Waals surface area contributed by atoms with Gasteiger partial charge in [0.1, 0.15) is 0 Å². The molecule has 0 atom stereocenters. The van der Waals surface area contributed by atoms with Gasteiger partial charge in [0.2, 0.25) is 0 Å². The normalized spacial score (nSPS) is 10.4. The van der Waals surface area contributed by atoms with Gasteiger partial charge in [-0.25, -0.2) is 0 Å². The third-order valence-corrected chi connectivity index (χ3v) is 7.38. The van der Waals surface area contributed by atoms with E-state index in [9.17, 15) is 0 Å². The van der Waals surface area contributed by atoms with Crippen LogP contribution in [0.1, 0.15) is 11.1 Å². The molecule has 0 aliphatic rings. The summed E-state index contributed by atoms with van der Waals surface area (Å²) in [6.45, 7) is 1.92. The molecule has 184 valence electrons. The fourth-order valence-electron chi connectivity index (χ4n) is 3.61. The van der Waals surface area contributed by atoms with E-state index in [2.05, 4.69) is 163 Å². The van der Waals surface area contributed by atoms with Gasteiger partial charge >= 0.3 is 27.0 Å². The Balaban J connectivity index is 0.000000241. The van der Waals surface area contributed by atoms with Crippen LogP contribution >= 0.6 is 17.6 Å². The summed E-state index contributed by atoms with van der Waals surface area (Å²) in [6.07, 6.45) is 0. The first-order chi connectivity index (χ1) is 17.0. The predicted octanol–water partition coefficient (Wildman–Crippen LogP) is 5.74. The summed E-state index contributed by atoms with van der Waals surface area (Å²) < 4.78 is 0. The summed E-state index contributed by atoms with van der Waals surface area (Å²) in [4.78, 5) is 4.32. The largest absolute Gasteiger partial charge is 0.0622 e. The van der Waals surface area contributed by atoms with Crippen LogP contribution < -0.4 is 15.9 Å². The first-order valence-electron chi connectivity index (χ1n) is 11.4. The topological polar surface area (TPSA) is 6.48 Å². The summed E-state index contributed by atoms with van der Waals surface area (Å²) >= 11 is 1.82. The molecule has 0 radical (unpaired) electrons. The maximum Gasteiger partial charge on any atom is -0.0134 e. The van der Waals surface area contributed by atoms with Gasteiger partial charge < -0.3 is 9.80 Å². The zero-order valence-electron chi connectivity index (χ0n) is 20.9. The van der Waals surface area contributed by atoms with Gasteiger partial charge in [0.05, 0.1) is 0 Å². The first-order valence-corrected chi connectivity index (χ1v) is 15.0. The Morgan fingerprint density at radius 2 is 0.857 bits per heavy atom. The first kappa shape index (κ1) is 29.4. The molecule has 0 saturated carbocycles. The number of rotatable bonds is 7. The molecule has 0 unspecified atom stereocenters. The van der Waals surface area contributed by atoms with E-state index in [0.29, 0.717) is 0 Å². The van der Waals surface area contributed by atoms with E-state index in [4.69, 9.17) is 0 Å². The summed E-state index contributed by atoms with van der Waals surface area (Å²) in [5.74, 6) is 0. The fraction of sp³-hybridized carbons (Fsp3) is 0.200. The maximum absolute atomic E-state index is 4.57. The molecular weight excluding hydrogens is 556 g/mol. The minimum Gasteiger partial charge on any atom is -0.0622 e. The van der Waals surface area contributed by atoms with Gasteiger partial charge in [-0.15, -0.1) is 11.1 Å². The van der Waals surface area contributed by atoms with Crippen molar-refractivity contribution in [2.75, 3.05) is 28.2 Å². The minimum atomic E-state index is -0.446. The molecule has 0 bridgehead atoms. The molecule has 0 saturated heterocycles. The Kier molecular flexibility index (Phi) is 14.1. The number of halogens is 1. The molecule has 0 amide bonds. The molecule has 35 heavy (non-hydrogen) atoms. The Bertz CT molecular complexity index is 958. The van der Waals surface area contributed by atoms with Gasteiger partial charge in [0.15, 0.2) is 0 Å². The zero-order chi connectivity index (χ0) is 25.5. The monoisotopic (exact) mass is 590 g/mol. The van der Waals surface area contributed by atoms with Crippen molar-refractivity contribution in [3.63, 3.8) is 0 Å². The third-order valence-electron chi connectivity index (χ3n) is 4.93. The smallest absolute Gasteiger partial charge is 0.0134 e. The molecule has 0 spiro atoms. The van der Waals surface area contributed by atoms with Crippen molar-refractivity contribution in [1.82, 2.24) is 9.80 Å². The number of benzene rings is 4. The van der Waals surface area contributed by atoms with Crippen LogP contribution in [-0.2, 0) is 30.4 Å². The number of nitrogens with zero attached hydrogens (tertiary/aromatic N) is 2. The van der Waals surface area contributed by atoms with Crippen LogP contribution in [-0.4, -0.2) is 38.0 Å². The van der Waals surface area contributed by atoms with Crippen molar-refractivity contribution < 1.29 is 17.3 Å². The third kappa shape index (κ3) is 10.7. The van der Waals surface area contributed by atoms with Gasteiger partial charge in [-0.05, 0) is 52.0 Å². The quantitative estimate of drug-likeness (QED) is 0.154. The van der Waals surface area contributed by atoms with Gasteiger partial charge in [-0.2, -0.15) is 24.3 Å². The van der Waals surface area contributed by atoms with Crippen LogP contribution in [0.2, 0.25) is 0 Å². The van der Waals surface area contributed by atoms with Gasteiger partial charge in [-0.1, -0.05) is 91.0 Å². The molecule has 0 heterocycles. The van der Waals surface area contributed by atoms with Crippen LogP contribution in [0.25, 0.3) is 0 Å².